The lowest BCUT2D eigenvalue weighted by Gasteiger charge is -2.18. The third-order valence-electron chi connectivity index (χ3n) is 3.75. The number of aromatic nitrogens is 2. The van der Waals surface area contributed by atoms with Crippen LogP contribution in [0, 0.1) is 6.92 Å². The van der Waals surface area contributed by atoms with Gasteiger partial charge in [-0.3, -0.25) is 0 Å². The number of rotatable bonds is 4. The van der Waals surface area contributed by atoms with E-state index in [-0.39, 0.29) is 6.04 Å². The molecule has 1 N–H and O–H groups in total. The predicted molar refractivity (Wildman–Crippen MR) is 76.3 cm³/mol. The third kappa shape index (κ3) is 3.00. The van der Waals surface area contributed by atoms with E-state index < -0.39 is 0 Å². The summed E-state index contributed by atoms with van der Waals surface area (Å²) in [6, 6.07) is 6.13. The molecule has 1 aromatic carbocycles. The molecule has 0 saturated heterocycles. The lowest BCUT2D eigenvalue weighted by molar-refractivity contribution is 0.299. The SMILES string of the molecule is COc1ccc2c(c1)C(NCc1nonc1C)CCCO2. The average molecular weight is 289 g/mol. The van der Waals surface area contributed by atoms with Gasteiger partial charge in [-0.15, -0.1) is 0 Å². The number of hydrogen-bond donors (Lipinski definition) is 1. The van der Waals surface area contributed by atoms with E-state index in [0.717, 1.165) is 47.9 Å². The Bertz CT molecular complexity index is 612. The number of hydrogen-bond acceptors (Lipinski definition) is 6. The molecule has 3 rings (SSSR count). The minimum Gasteiger partial charge on any atom is -0.497 e. The van der Waals surface area contributed by atoms with Gasteiger partial charge in [0.15, 0.2) is 0 Å². The monoisotopic (exact) mass is 289 g/mol. The summed E-state index contributed by atoms with van der Waals surface area (Å²) in [5, 5.41) is 11.2. The highest BCUT2D eigenvalue weighted by molar-refractivity contribution is 5.42. The van der Waals surface area contributed by atoms with E-state index in [1.54, 1.807) is 7.11 Å². The van der Waals surface area contributed by atoms with Gasteiger partial charge in [0.2, 0.25) is 0 Å². The van der Waals surface area contributed by atoms with E-state index in [2.05, 4.69) is 15.6 Å². The Morgan fingerprint density at radius 2 is 2.29 bits per heavy atom. The first-order valence-corrected chi connectivity index (χ1v) is 7.10. The molecule has 0 spiro atoms. The molecule has 1 atom stereocenters. The van der Waals surface area contributed by atoms with Crippen LogP contribution in [0.3, 0.4) is 0 Å². The van der Waals surface area contributed by atoms with Crippen LogP contribution in [0.15, 0.2) is 22.8 Å². The molecule has 1 unspecified atom stereocenters. The quantitative estimate of drug-likeness (QED) is 0.932. The minimum atomic E-state index is 0.202. The van der Waals surface area contributed by atoms with E-state index in [0.29, 0.717) is 6.54 Å². The van der Waals surface area contributed by atoms with Crippen molar-refractivity contribution in [1.82, 2.24) is 15.6 Å². The molecule has 112 valence electrons. The molecule has 2 aromatic rings. The van der Waals surface area contributed by atoms with Gasteiger partial charge < -0.3 is 14.8 Å². The third-order valence-corrected chi connectivity index (χ3v) is 3.75. The maximum Gasteiger partial charge on any atom is 0.124 e. The van der Waals surface area contributed by atoms with Crippen molar-refractivity contribution >= 4 is 0 Å². The zero-order valence-corrected chi connectivity index (χ0v) is 12.3. The van der Waals surface area contributed by atoms with Crippen LogP contribution in [0.2, 0.25) is 0 Å². The predicted octanol–water partition coefficient (Wildman–Crippen LogP) is 2.39. The Balaban J connectivity index is 1.80. The van der Waals surface area contributed by atoms with Crippen LogP contribution in [0.25, 0.3) is 0 Å². The molecule has 2 heterocycles. The average Bonchev–Trinajstić information content (AvgIpc) is 2.81. The van der Waals surface area contributed by atoms with E-state index in [1.165, 1.54) is 0 Å². The van der Waals surface area contributed by atoms with Crippen molar-refractivity contribution in [3.05, 3.63) is 35.2 Å². The van der Waals surface area contributed by atoms with Gasteiger partial charge in [-0.2, -0.15) is 0 Å². The molecular formula is C15H19N3O3. The van der Waals surface area contributed by atoms with Crippen LogP contribution in [-0.2, 0) is 6.54 Å². The van der Waals surface area contributed by atoms with E-state index in [4.69, 9.17) is 14.1 Å². The Kier molecular flexibility index (Phi) is 4.06. The van der Waals surface area contributed by atoms with Crippen molar-refractivity contribution < 1.29 is 14.1 Å². The minimum absolute atomic E-state index is 0.202. The summed E-state index contributed by atoms with van der Waals surface area (Å²) in [5.41, 5.74) is 2.78. The van der Waals surface area contributed by atoms with Crippen LogP contribution >= 0.6 is 0 Å². The molecule has 0 saturated carbocycles. The number of nitrogens with zero attached hydrogens (tertiary/aromatic N) is 2. The molecule has 0 radical (unpaired) electrons. The second kappa shape index (κ2) is 6.13. The van der Waals surface area contributed by atoms with Crippen LogP contribution in [0.4, 0.5) is 0 Å². The maximum absolute atomic E-state index is 5.80. The maximum atomic E-state index is 5.80. The summed E-state index contributed by atoms with van der Waals surface area (Å²) in [4.78, 5) is 0. The first-order valence-electron chi connectivity index (χ1n) is 7.10. The number of methoxy groups -OCH3 is 1. The summed E-state index contributed by atoms with van der Waals surface area (Å²) in [6.07, 6.45) is 2.01. The lowest BCUT2D eigenvalue weighted by atomic mass is 10.0. The van der Waals surface area contributed by atoms with Crippen molar-refractivity contribution in [3.63, 3.8) is 0 Å². The summed E-state index contributed by atoms with van der Waals surface area (Å²) < 4.78 is 15.8. The fraction of sp³-hybridized carbons (Fsp3) is 0.467. The highest BCUT2D eigenvalue weighted by Crippen LogP contribution is 2.34. The van der Waals surface area contributed by atoms with Gasteiger partial charge in [0, 0.05) is 18.2 Å². The topological polar surface area (TPSA) is 69.4 Å². The van der Waals surface area contributed by atoms with Gasteiger partial charge in [-0.1, -0.05) is 10.3 Å². The molecule has 6 heteroatoms. The number of ether oxygens (including phenoxy) is 2. The smallest absolute Gasteiger partial charge is 0.124 e. The zero-order chi connectivity index (χ0) is 14.7. The Morgan fingerprint density at radius 3 is 3.05 bits per heavy atom. The van der Waals surface area contributed by atoms with Crippen LogP contribution in [-0.4, -0.2) is 24.0 Å². The van der Waals surface area contributed by atoms with Gasteiger partial charge in [0.25, 0.3) is 0 Å². The lowest BCUT2D eigenvalue weighted by Crippen LogP contribution is -2.21. The second-order valence-corrected chi connectivity index (χ2v) is 5.12. The van der Waals surface area contributed by atoms with E-state index in [1.807, 2.05) is 25.1 Å². The summed E-state index contributed by atoms with van der Waals surface area (Å²) in [7, 11) is 1.67. The second-order valence-electron chi connectivity index (χ2n) is 5.12. The Labute approximate surface area is 123 Å². The summed E-state index contributed by atoms with van der Waals surface area (Å²) >= 11 is 0. The normalized spacial score (nSPS) is 17.7. The van der Waals surface area contributed by atoms with Crippen molar-refractivity contribution in [3.8, 4) is 11.5 Å². The molecule has 0 fully saturated rings. The van der Waals surface area contributed by atoms with Crippen molar-refractivity contribution in [2.45, 2.75) is 32.4 Å². The molecule has 1 aliphatic heterocycles. The van der Waals surface area contributed by atoms with E-state index >= 15 is 0 Å². The first-order chi connectivity index (χ1) is 10.3. The number of fused-ring (bicyclic) bond motifs is 1. The van der Waals surface area contributed by atoms with Gasteiger partial charge in [0.1, 0.15) is 22.9 Å². The highest BCUT2D eigenvalue weighted by Gasteiger charge is 2.21. The zero-order valence-electron chi connectivity index (χ0n) is 12.3. The molecule has 0 amide bonds. The molecule has 0 aliphatic carbocycles. The molecule has 21 heavy (non-hydrogen) atoms. The van der Waals surface area contributed by atoms with Gasteiger partial charge in [0.05, 0.1) is 13.7 Å². The number of nitrogens with one attached hydrogen (secondary N) is 1. The molecule has 1 aromatic heterocycles. The molecular weight excluding hydrogens is 270 g/mol. The molecule has 0 bridgehead atoms. The van der Waals surface area contributed by atoms with Gasteiger partial charge in [-0.05, 0) is 38.0 Å². The first kappa shape index (κ1) is 13.9. The van der Waals surface area contributed by atoms with Crippen molar-refractivity contribution in [1.29, 1.82) is 0 Å². The van der Waals surface area contributed by atoms with Gasteiger partial charge >= 0.3 is 0 Å². The number of aryl methyl sites for hydroxylation is 1. The van der Waals surface area contributed by atoms with Crippen LogP contribution in [0.5, 0.6) is 11.5 Å². The summed E-state index contributed by atoms with van der Waals surface area (Å²) in [5.74, 6) is 1.76. The Hall–Kier alpha value is -2.08. The molecule has 1 aliphatic rings. The van der Waals surface area contributed by atoms with Crippen LogP contribution in [0.1, 0.15) is 35.8 Å². The fourth-order valence-electron chi connectivity index (χ4n) is 2.52. The largest absolute Gasteiger partial charge is 0.497 e. The van der Waals surface area contributed by atoms with E-state index in [9.17, 15) is 0 Å². The number of benzene rings is 1. The fourth-order valence-corrected chi connectivity index (χ4v) is 2.52. The highest BCUT2D eigenvalue weighted by atomic mass is 16.6. The Morgan fingerprint density at radius 1 is 1.38 bits per heavy atom. The summed E-state index contributed by atoms with van der Waals surface area (Å²) in [6.45, 7) is 3.25. The standard InChI is InChI=1S/C15H19N3O3/c1-10-14(18-21-17-10)9-16-13-4-3-7-20-15-6-5-11(19-2)8-12(13)15/h5-6,8,13,16H,3-4,7,9H2,1-2H3. The van der Waals surface area contributed by atoms with Crippen molar-refractivity contribution in [2.75, 3.05) is 13.7 Å². The van der Waals surface area contributed by atoms with Crippen molar-refractivity contribution in [2.24, 2.45) is 0 Å². The van der Waals surface area contributed by atoms with Crippen LogP contribution < -0.4 is 14.8 Å². The van der Waals surface area contributed by atoms with Gasteiger partial charge in [-0.25, -0.2) is 4.63 Å². The molecule has 6 nitrogen and oxygen atoms in total.